The number of aromatic nitrogens is 2. The fraction of sp³-hybridized carbons (Fsp3) is 0.318. The number of carbonyl (C=O) groups excluding carboxylic acids is 3. The first-order chi connectivity index (χ1) is 15.0. The summed E-state index contributed by atoms with van der Waals surface area (Å²) in [5.41, 5.74) is 0.910. The van der Waals surface area contributed by atoms with Crippen LogP contribution in [-0.4, -0.2) is 38.6 Å². The van der Waals surface area contributed by atoms with Gasteiger partial charge in [0.25, 0.3) is 5.56 Å². The molecule has 2 amide bonds. The van der Waals surface area contributed by atoms with Crippen LogP contribution in [0.3, 0.4) is 0 Å². The van der Waals surface area contributed by atoms with Gasteiger partial charge in [-0.15, -0.1) is 0 Å². The maximum Gasteiger partial charge on any atom is 0.307 e. The van der Waals surface area contributed by atoms with Gasteiger partial charge in [0.05, 0.1) is 34.2 Å². The fourth-order valence-corrected chi connectivity index (χ4v) is 5.27. The molecule has 0 bridgehead atoms. The Balaban J connectivity index is 1.22. The summed E-state index contributed by atoms with van der Waals surface area (Å²) in [6, 6.07) is 8.88. The van der Waals surface area contributed by atoms with Crippen LogP contribution in [0.4, 0.5) is 0 Å². The third kappa shape index (κ3) is 3.44. The Morgan fingerprint density at radius 2 is 1.81 bits per heavy atom. The summed E-state index contributed by atoms with van der Waals surface area (Å²) >= 11 is 1.39. The minimum Gasteiger partial charge on any atom is -0.459 e. The van der Waals surface area contributed by atoms with E-state index in [0.717, 1.165) is 10.2 Å². The van der Waals surface area contributed by atoms with Crippen LogP contribution in [-0.2, 0) is 25.7 Å². The number of para-hydroxylation sites is 1. The topological polar surface area (TPSA) is 98.0 Å². The zero-order chi connectivity index (χ0) is 21.5. The smallest absolute Gasteiger partial charge is 0.307 e. The van der Waals surface area contributed by atoms with E-state index in [-0.39, 0.29) is 48.8 Å². The second-order valence-corrected chi connectivity index (χ2v) is 8.68. The molecule has 9 heteroatoms. The summed E-state index contributed by atoms with van der Waals surface area (Å²) < 4.78 is 7.72. The number of carbonyl (C=O) groups is 3. The number of nitrogens with zero attached hydrogens (tertiary/aromatic N) is 3. The highest BCUT2D eigenvalue weighted by Gasteiger charge is 2.46. The third-order valence-electron chi connectivity index (χ3n) is 5.77. The molecule has 1 aliphatic carbocycles. The lowest BCUT2D eigenvalue weighted by Gasteiger charge is -2.14. The maximum absolute atomic E-state index is 12.5. The number of esters is 1. The van der Waals surface area contributed by atoms with Crippen molar-refractivity contribution in [3.05, 3.63) is 58.5 Å². The van der Waals surface area contributed by atoms with E-state index in [1.165, 1.54) is 26.7 Å². The van der Waals surface area contributed by atoms with Gasteiger partial charge in [-0.25, -0.2) is 4.98 Å². The van der Waals surface area contributed by atoms with Gasteiger partial charge in [-0.2, -0.15) is 0 Å². The van der Waals surface area contributed by atoms with Crippen molar-refractivity contribution in [1.29, 1.82) is 0 Å². The van der Waals surface area contributed by atoms with E-state index in [1.54, 1.807) is 0 Å². The van der Waals surface area contributed by atoms with Crippen LogP contribution in [0.2, 0.25) is 0 Å². The van der Waals surface area contributed by atoms with Crippen LogP contribution in [0.1, 0.15) is 25.0 Å². The largest absolute Gasteiger partial charge is 0.459 e. The molecule has 2 aliphatic rings. The molecule has 0 radical (unpaired) electrons. The Bertz CT molecular complexity index is 1280. The molecule has 2 atom stereocenters. The van der Waals surface area contributed by atoms with E-state index in [9.17, 15) is 19.2 Å². The van der Waals surface area contributed by atoms with Crippen LogP contribution in [0.15, 0.2) is 47.3 Å². The van der Waals surface area contributed by atoms with Crippen molar-refractivity contribution in [2.75, 3.05) is 6.54 Å². The first kappa shape index (κ1) is 19.6. The molecule has 0 N–H and O–H groups in total. The van der Waals surface area contributed by atoms with E-state index in [0.29, 0.717) is 23.5 Å². The summed E-state index contributed by atoms with van der Waals surface area (Å²) in [7, 11) is 0. The van der Waals surface area contributed by atoms with Crippen molar-refractivity contribution in [2.24, 2.45) is 11.8 Å². The number of amides is 2. The summed E-state index contributed by atoms with van der Waals surface area (Å²) in [4.78, 5) is 55.8. The van der Waals surface area contributed by atoms with Crippen LogP contribution >= 0.6 is 11.3 Å². The highest BCUT2D eigenvalue weighted by molar-refractivity contribution is 7.23. The number of ether oxygens (including phenoxy) is 1. The van der Waals surface area contributed by atoms with Crippen molar-refractivity contribution in [2.45, 2.75) is 25.9 Å². The number of rotatable bonds is 5. The third-order valence-corrected chi connectivity index (χ3v) is 6.79. The number of hydrogen-bond acceptors (Lipinski definition) is 7. The van der Waals surface area contributed by atoms with Gasteiger partial charge in [0.15, 0.2) is 4.96 Å². The second-order valence-electron chi connectivity index (χ2n) is 7.67. The number of hydrogen-bond donors (Lipinski definition) is 0. The van der Waals surface area contributed by atoms with Gasteiger partial charge in [-0.1, -0.05) is 35.6 Å². The number of benzene rings is 1. The van der Waals surface area contributed by atoms with E-state index in [2.05, 4.69) is 4.98 Å². The van der Waals surface area contributed by atoms with Crippen molar-refractivity contribution in [3.63, 3.8) is 0 Å². The Morgan fingerprint density at radius 1 is 1.10 bits per heavy atom. The van der Waals surface area contributed by atoms with Crippen molar-refractivity contribution < 1.29 is 19.1 Å². The molecule has 0 spiro atoms. The number of allylic oxidation sites excluding steroid dienone is 2. The van der Waals surface area contributed by atoms with Gasteiger partial charge < -0.3 is 4.74 Å². The van der Waals surface area contributed by atoms with Gasteiger partial charge in [-0.05, 0) is 25.0 Å². The molecule has 8 nitrogen and oxygen atoms in total. The van der Waals surface area contributed by atoms with Crippen molar-refractivity contribution >= 4 is 44.3 Å². The Labute approximate surface area is 180 Å². The molecule has 2 aromatic heterocycles. The number of thiazole rings is 1. The molecule has 1 fully saturated rings. The molecule has 2 unspecified atom stereocenters. The molecular weight excluding hydrogens is 418 g/mol. The lowest BCUT2D eigenvalue weighted by atomic mass is 9.85. The number of likely N-dealkylation sites (tertiary alicyclic amines) is 1. The second kappa shape index (κ2) is 7.73. The van der Waals surface area contributed by atoms with Gasteiger partial charge >= 0.3 is 5.97 Å². The zero-order valence-electron chi connectivity index (χ0n) is 16.5. The standard InChI is InChI=1S/C22H19N3O5S/c26-18-11-13(23-22-25(18)16-7-3-4-8-17(16)31-22)12-30-19(27)9-10-24-20(28)14-5-1-2-6-15(14)21(24)29/h1-4,7-8,11,14-15H,5-6,9-10,12H2. The average Bonchev–Trinajstić information content (AvgIpc) is 3.26. The highest BCUT2D eigenvalue weighted by atomic mass is 32.1. The predicted octanol–water partition coefficient (Wildman–Crippen LogP) is 2.29. The highest BCUT2D eigenvalue weighted by Crippen LogP contribution is 2.35. The molecule has 31 heavy (non-hydrogen) atoms. The normalized spacial score (nSPS) is 20.6. The SMILES string of the molecule is O=C(CCN1C(=O)C2CC=CCC2C1=O)OCc1cc(=O)n2c(n1)sc1ccccc12. The molecule has 3 aromatic rings. The molecule has 5 rings (SSSR count). The first-order valence-electron chi connectivity index (χ1n) is 10.1. The Hall–Kier alpha value is -3.33. The predicted molar refractivity (Wildman–Crippen MR) is 113 cm³/mol. The summed E-state index contributed by atoms with van der Waals surface area (Å²) in [5, 5.41) is 0. The number of fused-ring (bicyclic) bond motifs is 4. The summed E-state index contributed by atoms with van der Waals surface area (Å²) in [6.07, 6.45) is 4.89. The van der Waals surface area contributed by atoms with Crippen LogP contribution in [0.5, 0.6) is 0 Å². The van der Waals surface area contributed by atoms with E-state index >= 15 is 0 Å². The molecular formula is C22H19N3O5S. The van der Waals surface area contributed by atoms with E-state index < -0.39 is 5.97 Å². The minimum atomic E-state index is -0.549. The quantitative estimate of drug-likeness (QED) is 0.345. The van der Waals surface area contributed by atoms with Crippen molar-refractivity contribution in [1.82, 2.24) is 14.3 Å². The maximum atomic E-state index is 12.5. The molecule has 3 heterocycles. The monoisotopic (exact) mass is 437 g/mol. The fourth-order valence-electron chi connectivity index (χ4n) is 4.22. The lowest BCUT2D eigenvalue weighted by molar-refractivity contribution is -0.146. The van der Waals surface area contributed by atoms with Crippen LogP contribution in [0, 0.1) is 11.8 Å². The summed E-state index contributed by atoms with van der Waals surface area (Å²) in [6.45, 7) is -0.134. The van der Waals surface area contributed by atoms with Gasteiger partial charge in [-0.3, -0.25) is 28.5 Å². The average molecular weight is 437 g/mol. The Kier molecular flexibility index (Phi) is 4.90. The Morgan fingerprint density at radius 3 is 2.55 bits per heavy atom. The zero-order valence-corrected chi connectivity index (χ0v) is 17.3. The summed E-state index contributed by atoms with van der Waals surface area (Å²) in [5.74, 6) is -1.58. The number of imide groups is 1. The molecule has 1 aromatic carbocycles. The van der Waals surface area contributed by atoms with Crippen LogP contribution < -0.4 is 5.56 Å². The molecule has 158 valence electrons. The van der Waals surface area contributed by atoms with Crippen molar-refractivity contribution in [3.8, 4) is 0 Å². The first-order valence-corrected chi connectivity index (χ1v) is 10.9. The lowest BCUT2D eigenvalue weighted by Crippen LogP contribution is -2.33. The molecule has 1 saturated heterocycles. The molecule has 0 saturated carbocycles. The van der Waals surface area contributed by atoms with Gasteiger partial charge in [0.1, 0.15) is 6.61 Å². The molecule has 1 aliphatic heterocycles. The van der Waals surface area contributed by atoms with Gasteiger partial charge in [0.2, 0.25) is 11.8 Å². The van der Waals surface area contributed by atoms with E-state index in [1.807, 2.05) is 36.4 Å². The van der Waals surface area contributed by atoms with Gasteiger partial charge in [0, 0.05) is 12.6 Å². The minimum absolute atomic E-state index is 0.00886. The van der Waals surface area contributed by atoms with Crippen LogP contribution in [0.25, 0.3) is 15.2 Å². The van der Waals surface area contributed by atoms with E-state index in [4.69, 9.17) is 4.74 Å².